The lowest BCUT2D eigenvalue weighted by Gasteiger charge is -2.22. The summed E-state index contributed by atoms with van der Waals surface area (Å²) in [6.07, 6.45) is -5.13. The van der Waals surface area contributed by atoms with Crippen LogP contribution in [0.4, 0.5) is 13.2 Å². The summed E-state index contributed by atoms with van der Waals surface area (Å²) < 4.78 is 43.4. The van der Waals surface area contributed by atoms with Crippen LogP contribution in [-0.2, 0) is 10.4 Å². The van der Waals surface area contributed by atoms with Crippen molar-refractivity contribution in [1.29, 1.82) is 0 Å². The average molecular weight is 268 g/mol. The van der Waals surface area contributed by atoms with Gasteiger partial charge in [0, 0.05) is 10.9 Å². The van der Waals surface area contributed by atoms with Crippen LogP contribution in [0.5, 0.6) is 5.75 Å². The van der Waals surface area contributed by atoms with Gasteiger partial charge in [-0.25, -0.2) is 4.79 Å². The van der Waals surface area contributed by atoms with Crippen LogP contribution in [0.15, 0.2) is 36.4 Å². The second-order valence-electron chi connectivity index (χ2n) is 4.26. The Morgan fingerprint density at radius 2 is 1.79 bits per heavy atom. The number of hydrogen-bond acceptors (Lipinski definition) is 3. The molecule has 2 aromatic carbocycles. The van der Waals surface area contributed by atoms with E-state index < -0.39 is 23.3 Å². The van der Waals surface area contributed by atoms with Crippen LogP contribution in [0.1, 0.15) is 5.56 Å². The van der Waals surface area contributed by atoms with Crippen LogP contribution in [0.3, 0.4) is 0 Å². The number of rotatable bonds is 0. The van der Waals surface area contributed by atoms with Crippen molar-refractivity contribution in [3.8, 4) is 5.75 Å². The van der Waals surface area contributed by atoms with E-state index in [-0.39, 0.29) is 5.75 Å². The lowest BCUT2D eigenvalue weighted by molar-refractivity contribution is -0.258. The molecule has 0 spiro atoms. The lowest BCUT2D eigenvalue weighted by Crippen LogP contribution is -2.47. The van der Waals surface area contributed by atoms with Crippen molar-refractivity contribution >= 4 is 16.7 Å². The van der Waals surface area contributed by atoms with Crippen molar-refractivity contribution in [3.63, 3.8) is 0 Å². The van der Waals surface area contributed by atoms with Gasteiger partial charge in [0.15, 0.2) is 0 Å². The SMILES string of the molecule is O=C1Oc2c(ccc3ccccc23)C1(O)C(F)(F)F. The Kier molecular flexibility index (Phi) is 2.19. The molecule has 1 atom stereocenters. The summed E-state index contributed by atoms with van der Waals surface area (Å²) in [4.78, 5) is 11.5. The molecule has 6 heteroatoms. The van der Waals surface area contributed by atoms with Crippen LogP contribution in [0, 0.1) is 0 Å². The van der Waals surface area contributed by atoms with Crippen LogP contribution in [-0.4, -0.2) is 17.3 Å². The first-order valence-corrected chi connectivity index (χ1v) is 5.39. The van der Waals surface area contributed by atoms with Crippen LogP contribution < -0.4 is 4.74 Å². The van der Waals surface area contributed by atoms with Gasteiger partial charge in [-0.05, 0) is 5.39 Å². The van der Waals surface area contributed by atoms with Gasteiger partial charge in [-0.15, -0.1) is 0 Å². The first kappa shape index (κ1) is 12.0. The molecular formula is C13H7F3O3. The van der Waals surface area contributed by atoms with Gasteiger partial charge < -0.3 is 9.84 Å². The van der Waals surface area contributed by atoms with Crippen molar-refractivity contribution < 1.29 is 27.8 Å². The summed E-state index contributed by atoms with van der Waals surface area (Å²) in [5.74, 6) is -1.95. The highest BCUT2D eigenvalue weighted by Gasteiger charge is 2.66. The molecule has 0 fully saturated rings. The average Bonchev–Trinajstić information content (AvgIpc) is 2.63. The quantitative estimate of drug-likeness (QED) is 0.590. The number of hydrogen-bond donors (Lipinski definition) is 1. The first-order valence-electron chi connectivity index (χ1n) is 5.39. The molecule has 0 aliphatic carbocycles. The van der Waals surface area contributed by atoms with E-state index in [0.717, 1.165) is 6.07 Å². The molecule has 0 saturated carbocycles. The minimum Gasteiger partial charge on any atom is -0.423 e. The Labute approximate surface area is 105 Å². The van der Waals surface area contributed by atoms with E-state index in [2.05, 4.69) is 4.74 Å². The third-order valence-electron chi connectivity index (χ3n) is 3.17. The number of esters is 1. The van der Waals surface area contributed by atoms with Crippen LogP contribution in [0.2, 0.25) is 0 Å². The summed E-state index contributed by atoms with van der Waals surface area (Å²) in [6, 6.07) is 9.00. The standard InChI is InChI=1S/C13H7F3O3/c14-13(15,16)12(18)9-6-5-7-3-1-2-4-8(7)10(9)19-11(12)17/h1-6,18H. The highest BCUT2D eigenvalue weighted by molar-refractivity contribution is 5.99. The molecule has 1 N–H and O–H groups in total. The Balaban J connectivity index is 2.35. The maximum Gasteiger partial charge on any atom is 0.432 e. The van der Waals surface area contributed by atoms with E-state index in [9.17, 15) is 23.1 Å². The predicted molar refractivity (Wildman–Crippen MR) is 59.5 cm³/mol. The van der Waals surface area contributed by atoms with Crippen molar-refractivity contribution in [2.75, 3.05) is 0 Å². The highest BCUT2D eigenvalue weighted by atomic mass is 19.4. The molecule has 98 valence electrons. The molecule has 19 heavy (non-hydrogen) atoms. The summed E-state index contributed by atoms with van der Waals surface area (Å²) in [7, 11) is 0. The number of alkyl halides is 3. The molecule has 1 aliphatic heterocycles. The summed E-state index contributed by atoms with van der Waals surface area (Å²) in [5.41, 5.74) is -4.16. The van der Waals surface area contributed by atoms with Gasteiger partial charge in [0.25, 0.3) is 5.60 Å². The predicted octanol–water partition coefficient (Wildman–Crippen LogP) is 2.51. The third-order valence-corrected chi connectivity index (χ3v) is 3.17. The van der Waals surface area contributed by atoms with Crippen molar-refractivity contribution in [1.82, 2.24) is 0 Å². The van der Waals surface area contributed by atoms with Gasteiger partial charge in [0.1, 0.15) is 5.75 Å². The maximum absolute atomic E-state index is 12.9. The molecule has 0 aromatic heterocycles. The first-order chi connectivity index (χ1) is 8.85. The molecule has 1 heterocycles. The van der Waals surface area contributed by atoms with Gasteiger partial charge in [0.2, 0.25) is 0 Å². The summed E-state index contributed by atoms with van der Waals surface area (Å²) in [6.45, 7) is 0. The molecule has 1 aliphatic rings. The van der Waals surface area contributed by atoms with Crippen LogP contribution >= 0.6 is 0 Å². The van der Waals surface area contributed by atoms with E-state index in [1.165, 1.54) is 12.1 Å². The molecule has 0 radical (unpaired) electrons. The Hall–Kier alpha value is -2.08. The third kappa shape index (κ3) is 1.40. The van der Waals surface area contributed by atoms with Crippen molar-refractivity contribution in [2.45, 2.75) is 11.8 Å². The number of benzene rings is 2. The number of ether oxygens (including phenoxy) is 1. The zero-order chi connectivity index (χ0) is 13.8. The number of carbonyl (C=O) groups is 1. The van der Waals surface area contributed by atoms with Gasteiger partial charge >= 0.3 is 12.1 Å². The molecule has 0 amide bonds. The second kappa shape index (κ2) is 3.48. The molecule has 2 aromatic rings. The summed E-state index contributed by atoms with van der Waals surface area (Å²) >= 11 is 0. The normalized spacial score (nSPS) is 22.4. The summed E-state index contributed by atoms with van der Waals surface area (Å²) in [5, 5.41) is 10.7. The van der Waals surface area contributed by atoms with E-state index >= 15 is 0 Å². The molecular weight excluding hydrogens is 261 g/mol. The zero-order valence-corrected chi connectivity index (χ0v) is 9.36. The number of aliphatic hydroxyl groups is 1. The number of fused-ring (bicyclic) bond motifs is 3. The topological polar surface area (TPSA) is 46.5 Å². The lowest BCUT2D eigenvalue weighted by atomic mass is 9.92. The van der Waals surface area contributed by atoms with Crippen LogP contribution in [0.25, 0.3) is 10.8 Å². The fraction of sp³-hybridized carbons (Fsp3) is 0.154. The molecule has 3 rings (SSSR count). The minimum atomic E-state index is -5.13. The van der Waals surface area contributed by atoms with Gasteiger partial charge in [0.05, 0.1) is 0 Å². The highest BCUT2D eigenvalue weighted by Crippen LogP contribution is 2.50. The Morgan fingerprint density at radius 1 is 1.11 bits per heavy atom. The fourth-order valence-electron chi connectivity index (χ4n) is 2.18. The second-order valence-corrected chi connectivity index (χ2v) is 4.26. The van der Waals surface area contributed by atoms with E-state index in [1.807, 2.05) is 0 Å². The Morgan fingerprint density at radius 3 is 2.47 bits per heavy atom. The number of carbonyl (C=O) groups excluding carboxylic acids is 1. The van der Waals surface area contributed by atoms with E-state index in [4.69, 9.17) is 0 Å². The minimum absolute atomic E-state index is 0.233. The molecule has 3 nitrogen and oxygen atoms in total. The molecule has 0 bridgehead atoms. The van der Waals surface area contributed by atoms with Gasteiger partial charge in [-0.3, -0.25) is 0 Å². The smallest absolute Gasteiger partial charge is 0.423 e. The van der Waals surface area contributed by atoms with Crippen molar-refractivity contribution in [2.24, 2.45) is 0 Å². The molecule has 0 saturated heterocycles. The van der Waals surface area contributed by atoms with Crippen molar-refractivity contribution in [3.05, 3.63) is 42.0 Å². The van der Waals surface area contributed by atoms with Gasteiger partial charge in [-0.2, -0.15) is 13.2 Å². The number of halogens is 3. The zero-order valence-electron chi connectivity index (χ0n) is 9.36. The Bertz CT molecular complexity index is 693. The van der Waals surface area contributed by atoms with E-state index in [1.54, 1.807) is 18.2 Å². The van der Waals surface area contributed by atoms with Gasteiger partial charge in [-0.1, -0.05) is 36.4 Å². The monoisotopic (exact) mass is 268 g/mol. The molecule has 1 unspecified atom stereocenters. The largest absolute Gasteiger partial charge is 0.432 e. The maximum atomic E-state index is 12.9. The fourth-order valence-corrected chi connectivity index (χ4v) is 2.18. The van der Waals surface area contributed by atoms with E-state index in [0.29, 0.717) is 10.8 Å².